The third-order valence-electron chi connectivity index (χ3n) is 5.29. The van der Waals surface area contributed by atoms with Gasteiger partial charge in [-0.3, -0.25) is 4.98 Å². The van der Waals surface area contributed by atoms with Gasteiger partial charge >= 0.3 is 6.18 Å². The van der Waals surface area contributed by atoms with Crippen LogP contribution in [-0.2, 0) is 30.4 Å². The molecule has 1 atom stereocenters. The van der Waals surface area contributed by atoms with Crippen molar-refractivity contribution in [2.24, 2.45) is 0 Å². The fourth-order valence-corrected chi connectivity index (χ4v) is 3.84. The molecule has 0 fully saturated rings. The highest BCUT2D eigenvalue weighted by molar-refractivity contribution is 5.65. The standard InChI is InChI=1S/C22H21F4N3O2/c1-13-9-19-17(6-8-31-13)21(14-5-7-27-15(10-14)12-23)28-29(19)16-3-4-18(22(24,25)26)20(11-16)30-2/h3-5,7,10-11,13H,6,8-9,12H2,1-2H3/t13-/m1/s1. The van der Waals surface area contributed by atoms with Crippen molar-refractivity contribution in [3.05, 3.63) is 59.0 Å². The molecule has 0 radical (unpaired) electrons. The third kappa shape index (κ3) is 4.14. The molecule has 1 aliphatic heterocycles. The van der Waals surface area contributed by atoms with Crippen molar-refractivity contribution >= 4 is 0 Å². The Morgan fingerprint density at radius 2 is 2.03 bits per heavy atom. The largest absolute Gasteiger partial charge is 0.496 e. The number of halogens is 4. The van der Waals surface area contributed by atoms with Gasteiger partial charge in [-0.1, -0.05) is 0 Å². The van der Waals surface area contributed by atoms with E-state index >= 15 is 0 Å². The molecule has 0 spiro atoms. The molecule has 4 rings (SSSR count). The Hall–Kier alpha value is -2.94. The van der Waals surface area contributed by atoms with Gasteiger partial charge in [-0.05, 0) is 37.6 Å². The first-order valence-electron chi connectivity index (χ1n) is 9.81. The molecule has 3 aromatic rings. The summed E-state index contributed by atoms with van der Waals surface area (Å²) in [7, 11) is 1.20. The van der Waals surface area contributed by atoms with Crippen LogP contribution < -0.4 is 4.74 Å². The van der Waals surface area contributed by atoms with E-state index in [2.05, 4.69) is 4.98 Å². The molecule has 1 aromatic carbocycles. The van der Waals surface area contributed by atoms with Crippen LogP contribution in [0.5, 0.6) is 5.75 Å². The summed E-state index contributed by atoms with van der Waals surface area (Å²) in [6.07, 6.45) is -1.97. The molecule has 3 heterocycles. The van der Waals surface area contributed by atoms with Gasteiger partial charge in [-0.2, -0.15) is 18.3 Å². The number of ether oxygens (including phenoxy) is 2. The van der Waals surface area contributed by atoms with Gasteiger partial charge in [0.05, 0.1) is 48.2 Å². The van der Waals surface area contributed by atoms with Gasteiger partial charge < -0.3 is 9.47 Å². The topological polar surface area (TPSA) is 49.2 Å². The van der Waals surface area contributed by atoms with E-state index in [-0.39, 0.29) is 17.5 Å². The minimum atomic E-state index is -4.53. The van der Waals surface area contributed by atoms with E-state index in [0.29, 0.717) is 36.4 Å². The van der Waals surface area contributed by atoms with Gasteiger partial charge in [-0.15, -0.1) is 0 Å². The maximum atomic E-state index is 13.3. The fourth-order valence-electron chi connectivity index (χ4n) is 3.84. The van der Waals surface area contributed by atoms with E-state index in [9.17, 15) is 17.6 Å². The summed E-state index contributed by atoms with van der Waals surface area (Å²) >= 11 is 0. The summed E-state index contributed by atoms with van der Waals surface area (Å²) in [5.74, 6) is -0.280. The van der Waals surface area contributed by atoms with Crippen molar-refractivity contribution in [1.29, 1.82) is 0 Å². The summed E-state index contributed by atoms with van der Waals surface area (Å²) in [6.45, 7) is 1.73. The first-order valence-corrected chi connectivity index (χ1v) is 9.81. The van der Waals surface area contributed by atoms with Crippen LogP contribution in [0.25, 0.3) is 16.9 Å². The number of hydrogen-bond acceptors (Lipinski definition) is 4. The highest BCUT2D eigenvalue weighted by atomic mass is 19.4. The number of alkyl halides is 4. The van der Waals surface area contributed by atoms with Crippen LogP contribution in [-0.4, -0.2) is 34.6 Å². The number of fused-ring (bicyclic) bond motifs is 1. The molecule has 31 heavy (non-hydrogen) atoms. The number of pyridine rings is 1. The normalized spacial score (nSPS) is 16.6. The molecule has 0 bridgehead atoms. The zero-order valence-corrected chi connectivity index (χ0v) is 17.0. The Balaban J connectivity index is 1.89. The Morgan fingerprint density at radius 3 is 2.74 bits per heavy atom. The zero-order chi connectivity index (χ0) is 22.2. The second-order valence-electron chi connectivity index (χ2n) is 7.37. The predicted molar refractivity (Wildman–Crippen MR) is 106 cm³/mol. The lowest BCUT2D eigenvalue weighted by atomic mass is 10.0. The van der Waals surface area contributed by atoms with Gasteiger partial charge in [0, 0.05) is 29.8 Å². The Morgan fingerprint density at radius 1 is 1.23 bits per heavy atom. The van der Waals surface area contributed by atoms with Crippen molar-refractivity contribution < 1.29 is 27.0 Å². The zero-order valence-electron chi connectivity index (χ0n) is 17.0. The van der Waals surface area contributed by atoms with E-state index in [0.717, 1.165) is 17.3 Å². The summed E-state index contributed by atoms with van der Waals surface area (Å²) in [5, 5.41) is 4.73. The molecule has 0 saturated heterocycles. The van der Waals surface area contributed by atoms with E-state index in [1.165, 1.54) is 25.4 Å². The third-order valence-corrected chi connectivity index (χ3v) is 5.29. The van der Waals surface area contributed by atoms with E-state index in [1.807, 2.05) is 6.92 Å². The number of hydrogen-bond donors (Lipinski definition) is 0. The summed E-state index contributed by atoms with van der Waals surface area (Å²) < 4.78 is 65.5. The van der Waals surface area contributed by atoms with Crippen LogP contribution in [0.4, 0.5) is 17.6 Å². The van der Waals surface area contributed by atoms with E-state index in [4.69, 9.17) is 14.6 Å². The summed E-state index contributed by atoms with van der Waals surface area (Å²) in [5.41, 5.74) is 3.00. The minimum absolute atomic E-state index is 0.0836. The molecule has 5 nitrogen and oxygen atoms in total. The predicted octanol–water partition coefficient (Wildman–Crippen LogP) is 4.93. The molecule has 0 saturated carbocycles. The second-order valence-corrected chi connectivity index (χ2v) is 7.37. The molecule has 164 valence electrons. The van der Waals surface area contributed by atoms with Crippen molar-refractivity contribution in [3.63, 3.8) is 0 Å². The fraction of sp³-hybridized carbons (Fsp3) is 0.364. The van der Waals surface area contributed by atoms with Crippen molar-refractivity contribution in [2.75, 3.05) is 13.7 Å². The molecular formula is C22H21F4N3O2. The number of rotatable bonds is 4. The molecule has 0 N–H and O–H groups in total. The van der Waals surface area contributed by atoms with Gasteiger partial charge in [0.1, 0.15) is 12.4 Å². The van der Waals surface area contributed by atoms with Gasteiger partial charge in [-0.25, -0.2) is 9.07 Å². The van der Waals surface area contributed by atoms with Crippen molar-refractivity contribution in [3.8, 4) is 22.7 Å². The van der Waals surface area contributed by atoms with Crippen LogP contribution in [0.3, 0.4) is 0 Å². The SMILES string of the molecule is COc1cc(-n2nc(-c3ccnc(CF)c3)c3c2C[C@@H](C)OCC3)ccc1C(F)(F)F. The van der Waals surface area contributed by atoms with Gasteiger partial charge in [0.15, 0.2) is 0 Å². The van der Waals surface area contributed by atoms with Crippen LogP contribution >= 0.6 is 0 Å². The van der Waals surface area contributed by atoms with E-state index in [1.54, 1.807) is 16.8 Å². The first-order chi connectivity index (χ1) is 14.8. The van der Waals surface area contributed by atoms with Crippen molar-refractivity contribution in [2.45, 2.75) is 38.7 Å². The number of aromatic nitrogens is 3. The highest BCUT2D eigenvalue weighted by Gasteiger charge is 2.35. The quantitative estimate of drug-likeness (QED) is 0.545. The average Bonchev–Trinajstić information content (AvgIpc) is 2.99. The van der Waals surface area contributed by atoms with Gasteiger partial charge in [0.25, 0.3) is 0 Å². The Labute approximate surface area is 176 Å². The highest BCUT2D eigenvalue weighted by Crippen LogP contribution is 2.38. The maximum absolute atomic E-state index is 13.3. The number of methoxy groups -OCH3 is 1. The van der Waals surface area contributed by atoms with E-state index < -0.39 is 18.4 Å². The lowest BCUT2D eigenvalue weighted by Gasteiger charge is -2.15. The molecule has 0 aliphatic carbocycles. The van der Waals surface area contributed by atoms with Crippen LogP contribution in [0, 0.1) is 0 Å². The minimum Gasteiger partial charge on any atom is -0.496 e. The monoisotopic (exact) mass is 435 g/mol. The maximum Gasteiger partial charge on any atom is 0.419 e. The lowest BCUT2D eigenvalue weighted by Crippen LogP contribution is -2.14. The molecule has 9 heteroatoms. The molecule has 1 aliphatic rings. The number of benzene rings is 1. The molecular weight excluding hydrogens is 414 g/mol. The summed E-state index contributed by atoms with van der Waals surface area (Å²) in [4.78, 5) is 3.99. The van der Waals surface area contributed by atoms with Crippen LogP contribution in [0.15, 0.2) is 36.5 Å². The second kappa shape index (κ2) is 8.30. The Kier molecular flexibility index (Phi) is 5.70. The Bertz CT molecular complexity index is 1090. The smallest absolute Gasteiger partial charge is 0.419 e. The average molecular weight is 435 g/mol. The van der Waals surface area contributed by atoms with Crippen molar-refractivity contribution in [1.82, 2.24) is 14.8 Å². The number of nitrogens with zero attached hydrogens (tertiary/aromatic N) is 3. The van der Waals surface area contributed by atoms with Gasteiger partial charge in [0.2, 0.25) is 0 Å². The lowest BCUT2D eigenvalue weighted by molar-refractivity contribution is -0.138. The van der Waals surface area contributed by atoms with Crippen LogP contribution in [0.2, 0.25) is 0 Å². The van der Waals surface area contributed by atoms with Crippen LogP contribution in [0.1, 0.15) is 29.4 Å². The molecule has 0 amide bonds. The molecule has 2 aromatic heterocycles. The summed E-state index contributed by atoms with van der Waals surface area (Å²) in [6, 6.07) is 7.07. The first kappa shape index (κ1) is 21.3. The molecule has 0 unspecified atom stereocenters.